The Morgan fingerprint density at radius 1 is 0.759 bits per heavy atom. The van der Waals surface area contributed by atoms with Gasteiger partial charge in [0.25, 0.3) is 11.8 Å². The maximum atomic E-state index is 12.9. The first kappa shape index (κ1) is 19.1. The fourth-order valence-corrected chi connectivity index (χ4v) is 3.33. The van der Waals surface area contributed by atoms with Gasteiger partial charge in [0, 0.05) is 20.1 Å². The summed E-state index contributed by atoms with van der Waals surface area (Å²) >= 11 is 2.17. The van der Waals surface area contributed by atoms with Crippen molar-refractivity contribution in [3.8, 4) is 11.3 Å². The van der Waals surface area contributed by atoms with Gasteiger partial charge in [0.1, 0.15) is 0 Å². The molecule has 4 aromatic rings. The number of fused-ring (bicyclic) bond motifs is 1. The fraction of sp³-hybridized carbons (Fsp3) is 0. The maximum absolute atomic E-state index is 12.9. The van der Waals surface area contributed by atoms with Crippen molar-refractivity contribution in [2.75, 3.05) is 0 Å². The zero-order chi connectivity index (χ0) is 20.2. The summed E-state index contributed by atoms with van der Waals surface area (Å²) in [6.07, 6.45) is 0. The van der Waals surface area contributed by atoms with E-state index >= 15 is 0 Å². The molecule has 1 heterocycles. The Hall–Kier alpha value is -3.26. The van der Waals surface area contributed by atoms with Crippen molar-refractivity contribution in [1.82, 2.24) is 15.8 Å². The van der Waals surface area contributed by atoms with Crippen LogP contribution in [0.25, 0.3) is 22.2 Å². The molecule has 3 aromatic carbocycles. The van der Waals surface area contributed by atoms with E-state index in [1.54, 1.807) is 18.2 Å². The molecule has 1 aromatic heterocycles. The molecular formula is C23H16IN3O2. The van der Waals surface area contributed by atoms with E-state index in [1.165, 1.54) is 0 Å². The number of carbonyl (C=O) groups excluding carboxylic acids is 2. The molecule has 0 unspecified atom stereocenters. The van der Waals surface area contributed by atoms with Crippen LogP contribution >= 0.6 is 22.6 Å². The van der Waals surface area contributed by atoms with Crippen molar-refractivity contribution in [1.29, 1.82) is 0 Å². The summed E-state index contributed by atoms with van der Waals surface area (Å²) in [4.78, 5) is 29.9. The van der Waals surface area contributed by atoms with E-state index in [9.17, 15) is 9.59 Å². The van der Waals surface area contributed by atoms with E-state index in [0.717, 1.165) is 9.13 Å². The number of nitrogens with zero attached hydrogens (tertiary/aromatic N) is 1. The van der Waals surface area contributed by atoms with Crippen molar-refractivity contribution < 1.29 is 9.59 Å². The van der Waals surface area contributed by atoms with Crippen molar-refractivity contribution in [3.63, 3.8) is 0 Å². The molecule has 5 nitrogen and oxygen atoms in total. The molecule has 0 atom stereocenters. The van der Waals surface area contributed by atoms with E-state index in [2.05, 4.69) is 38.4 Å². The highest BCUT2D eigenvalue weighted by atomic mass is 127. The number of benzene rings is 3. The molecule has 0 radical (unpaired) electrons. The summed E-state index contributed by atoms with van der Waals surface area (Å²) in [5.41, 5.74) is 8.22. The summed E-state index contributed by atoms with van der Waals surface area (Å²) in [7, 11) is 0. The summed E-state index contributed by atoms with van der Waals surface area (Å²) in [5.74, 6) is -0.781. The Morgan fingerprint density at radius 3 is 2.17 bits per heavy atom. The van der Waals surface area contributed by atoms with Gasteiger partial charge in [-0.15, -0.1) is 0 Å². The lowest BCUT2D eigenvalue weighted by atomic mass is 10.0. The van der Waals surface area contributed by atoms with E-state index < -0.39 is 5.91 Å². The van der Waals surface area contributed by atoms with Crippen LogP contribution in [0, 0.1) is 3.57 Å². The number of pyridine rings is 1. The molecule has 6 heteroatoms. The normalized spacial score (nSPS) is 10.5. The van der Waals surface area contributed by atoms with Gasteiger partial charge < -0.3 is 0 Å². The Kier molecular flexibility index (Phi) is 5.53. The second-order valence-corrected chi connectivity index (χ2v) is 7.60. The number of halogens is 1. The van der Waals surface area contributed by atoms with Crippen LogP contribution in [0.4, 0.5) is 0 Å². The average Bonchev–Trinajstić information content (AvgIpc) is 2.77. The van der Waals surface area contributed by atoms with Crippen molar-refractivity contribution >= 4 is 45.3 Å². The SMILES string of the molecule is O=C(NNC(=O)c1cc(-c2ccccc2)nc2ccccc12)c1ccc(I)cc1. The first-order chi connectivity index (χ1) is 14.1. The largest absolute Gasteiger partial charge is 0.270 e. The molecule has 0 aliphatic heterocycles. The molecule has 0 aliphatic carbocycles. The quantitative estimate of drug-likeness (QED) is 0.324. The Labute approximate surface area is 181 Å². The van der Waals surface area contributed by atoms with Crippen LogP contribution in [0.5, 0.6) is 0 Å². The van der Waals surface area contributed by atoms with Gasteiger partial charge in [-0.3, -0.25) is 20.4 Å². The van der Waals surface area contributed by atoms with Crippen molar-refractivity contribution in [2.45, 2.75) is 0 Å². The highest BCUT2D eigenvalue weighted by molar-refractivity contribution is 14.1. The smallest absolute Gasteiger partial charge is 0.267 e. The van der Waals surface area contributed by atoms with Gasteiger partial charge in [0.05, 0.1) is 16.8 Å². The molecule has 4 rings (SSSR count). The van der Waals surface area contributed by atoms with E-state index in [0.29, 0.717) is 27.7 Å². The topological polar surface area (TPSA) is 71.1 Å². The second-order valence-electron chi connectivity index (χ2n) is 6.35. The van der Waals surface area contributed by atoms with Gasteiger partial charge in [-0.25, -0.2) is 4.98 Å². The number of amides is 2. The number of carbonyl (C=O) groups is 2. The highest BCUT2D eigenvalue weighted by Gasteiger charge is 2.15. The molecule has 2 N–H and O–H groups in total. The second kappa shape index (κ2) is 8.40. The van der Waals surface area contributed by atoms with Crippen LogP contribution in [-0.4, -0.2) is 16.8 Å². The lowest BCUT2D eigenvalue weighted by Crippen LogP contribution is -2.41. The van der Waals surface area contributed by atoms with Crippen molar-refractivity contribution in [3.05, 3.63) is 99.6 Å². The van der Waals surface area contributed by atoms with Gasteiger partial charge >= 0.3 is 0 Å². The first-order valence-electron chi connectivity index (χ1n) is 8.93. The van der Waals surface area contributed by atoms with Gasteiger partial charge in [-0.2, -0.15) is 0 Å². The van der Waals surface area contributed by atoms with Crippen LogP contribution < -0.4 is 10.9 Å². The third kappa shape index (κ3) is 4.27. The number of nitrogens with one attached hydrogen (secondary N) is 2. The minimum Gasteiger partial charge on any atom is -0.267 e. The first-order valence-corrected chi connectivity index (χ1v) is 10.0. The van der Waals surface area contributed by atoms with E-state index in [4.69, 9.17) is 0 Å². The molecule has 0 bridgehead atoms. The van der Waals surface area contributed by atoms with Crippen LogP contribution in [0.1, 0.15) is 20.7 Å². The average molecular weight is 493 g/mol. The zero-order valence-corrected chi connectivity index (χ0v) is 17.4. The Morgan fingerprint density at radius 2 is 1.41 bits per heavy atom. The number of rotatable bonds is 3. The lowest BCUT2D eigenvalue weighted by molar-refractivity contribution is 0.0847. The maximum Gasteiger partial charge on any atom is 0.270 e. The molecule has 29 heavy (non-hydrogen) atoms. The molecule has 0 saturated carbocycles. The van der Waals surface area contributed by atoms with Gasteiger partial charge in [0.15, 0.2) is 0 Å². The summed E-state index contributed by atoms with van der Waals surface area (Å²) in [6, 6.07) is 25.9. The molecule has 0 aliphatic rings. The van der Waals surface area contributed by atoms with Gasteiger partial charge in [-0.1, -0.05) is 48.5 Å². The fourth-order valence-electron chi connectivity index (χ4n) is 2.97. The Bertz CT molecular complexity index is 1190. The third-order valence-corrected chi connectivity index (χ3v) is 5.15. The number of para-hydroxylation sites is 1. The highest BCUT2D eigenvalue weighted by Crippen LogP contribution is 2.24. The van der Waals surface area contributed by atoms with Crippen LogP contribution in [0.2, 0.25) is 0 Å². The van der Waals surface area contributed by atoms with Gasteiger partial charge in [-0.05, 0) is 59.0 Å². The predicted octanol–water partition coefficient (Wildman–Crippen LogP) is 4.58. The third-order valence-electron chi connectivity index (χ3n) is 4.43. The van der Waals surface area contributed by atoms with E-state index in [-0.39, 0.29) is 5.91 Å². The predicted molar refractivity (Wildman–Crippen MR) is 121 cm³/mol. The Balaban J connectivity index is 1.62. The minimum absolute atomic E-state index is 0.378. The standard InChI is InChI=1S/C23H16IN3O2/c24-17-12-10-16(11-13-17)22(28)26-27-23(29)19-14-21(15-6-2-1-3-7-15)25-20-9-5-4-8-18(19)20/h1-14H,(H,26,28)(H,27,29). The summed E-state index contributed by atoms with van der Waals surface area (Å²) < 4.78 is 1.03. The number of hydrazine groups is 1. The number of hydrogen-bond donors (Lipinski definition) is 2. The summed E-state index contributed by atoms with van der Waals surface area (Å²) in [6.45, 7) is 0. The molecule has 0 saturated heterocycles. The van der Waals surface area contributed by atoms with E-state index in [1.807, 2.05) is 66.7 Å². The molecule has 2 amide bonds. The van der Waals surface area contributed by atoms with Crippen LogP contribution in [0.3, 0.4) is 0 Å². The molecule has 142 valence electrons. The number of hydrogen-bond acceptors (Lipinski definition) is 3. The molecule has 0 fully saturated rings. The van der Waals surface area contributed by atoms with Crippen LogP contribution in [-0.2, 0) is 0 Å². The monoisotopic (exact) mass is 493 g/mol. The minimum atomic E-state index is -0.403. The van der Waals surface area contributed by atoms with Crippen molar-refractivity contribution in [2.24, 2.45) is 0 Å². The van der Waals surface area contributed by atoms with Crippen LogP contribution in [0.15, 0.2) is 84.9 Å². The number of aromatic nitrogens is 1. The zero-order valence-electron chi connectivity index (χ0n) is 15.2. The lowest BCUT2D eigenvalue weighted by Gasteiger charge is -2.11. The molecule has 0 spiro atoms. The summed E-state index contributed by atoms with van der Waals surface area (Å²) in [5, 5.41) is 0.716. The molecular weight excluding hydrogens is 477 g/mol. The van der Waals surface area contributed by atoms with Gasteiger partial charge in [0.2, 0.25) is 0 Å².